The molecule has 3 heterocycles. The Labute approximate surface area is 190 Å². The summed E-state index contributed by atoms with van der Waals surface area (Å²) in [5, 5.41) is 0.880. The van der Waals surface area contributed by atoms with Crippen LogP contribution in [0.2, 0.25) is 0 Å². The molecule has 0 spiro atoms. The molecule has 0 saturated heterocycles. The number of nitrogens with zero attached hydrogens (tertiary/aromatic N) is 2. The lowest BCUT2D eigenvalue weighted by atomic mass is 10.1. The molecule has 1 aliphatic rings. The van der Waals surface area contributed by atoms with Crippen molar-refractivity contribution in [1.29, 1.82) is 0 Å². The van der Waals surface area contributed by atoms with Crippen molar-refractivity contribution in [3.8, 4) is 11.3 Å². The number of anilines is 1. The number of carbonyl (C=O) groups is 1. The summed E-state index contributed by atoms with van der Waals surface area (Å²) < 4.78 is 28.5. The second kappa shape index (κ2) is 9.20. The van der Waals surface area contributed by atoms with Crippen molar-refractivity contribution in [2.75, 3.05) is 11.4 Å². The van der Waals surface area contributed by atoms with E-state index in [0.29, 0.717) is 30.0 Å². The highest BCUT2D eigenvalue weighted by molar-refractivity contribution is 7.13. The number of amides is 1. The number of aryl methyl sites for hydroxylation is 1. The largest absolute Gasteiger partial charge is 0.358 e. The van der Waals surface area contributed by atoms with Crippen molar-refractivity contribution in [2.45, 2.75) is 40.0 Å². The Morgan fingerprint density at radius 3 is 2.75 bits per heavy atom. The van der Waals surface area contributed by atoms with Crippen LogP contribution in [0.3, 0.4) is 0 Å². The molecule has 0 unspecified atom stereocenters. The first kappa shape index (κ1) is 22.1. The first-order valence-electron chi connectivity index (χ1n) is 10.7. The van der Waals surface area contributed by atoms with Gasteiger partial charge in [-0.25, -0.2) is 13.8 Å². The Balaban J connectivity index is 1.68. The summed E-state index contributed by atoms with van der Waals surface area (Å²) in [7, 11) is 0. The number of thiazole rings is 1. The van der Waals surface area contributed by atoms with Gasteiger partial charge in [0, 0.05) is 29.1 Å². The summed E-state index contributed by atoms with van der Waals surface area (Å²) in [6, 6.07) is 5.28. The van der Waals surface area contributed by atoms with Crippen LogP contribution in [0, 0.1) is 18.6 Å². The number of nitrogens with one attached hydrogen (secondary N) is 1. The molecule has 32 heavy (non-hydrogen) atoms. The highest BCUT2D eigenvalue weighted by atomic mass is 32.1. The average Bonchev–Trinajstić information content (AvgIpc) is 3.35. The number of unbranched alkanes of at least 4 members (excludes halogenated alkanes) is 1. The number of allylic oxidation sites excluding steroid dienone is 4. The fourth-order valence-corrected chi connectivity index (χ4v) is 4.85. The zero-order valence-corrected chi connectivity index (χ0v) is 19.2. The van der Waals surface area contributed by atoms with Gasteiger partial charge in [0.05, 0.1) is 16.8 Å². The monoisotopic (exact) mass is 453 g/mol. The van der Waals surface area contributed by atoms with E-state index in [4.69, 9.17) is 4.98 Å². The van der Waals surface area contributed by atoms with Gasteiger partial charge in [0.1, 0.15) is 22.5 Å². The summed E-state index contributed by atoms with van der Waals surface area (Å²) in [6.45, 7) is 6.51. The van der Waals surface area contributed by atoms with Crippen LogP contribution < -0.4 is 4.90 Å². The molecule has 1 N–H and O–H groups in total. The van der Waals surface area contributed by atoms with Crippen LogP contribution >= 0.6 is 11.3 Å². The van der Waals surface area contributed by atoms with Gasteiger partial charge in [-0.1, -0.05) is 37.6 Å². The number of rotatable bonds is 6. The van der Waals surface area contributed by atoms with E-state index in [1.807, 2.05) is 26.0 Å². The molecular formula is C25H25F2N3OS. The molecule has 1 aromatic carbocycles. The van der Waals surface area contributed by atoms with Crippen LogP contribution in [0.1, 0.15) is 52.6 Å². The van der Waals surface area contributed by atoms with E-state index in [9.17, 15) is 13.6 Å². The van der Waals surface area contributed by atoms with Gasteiger partial charge in [-0.05, 0) is 38.5 Å². The standard InChI is InChI=1S/C25H25F2N3OS/c1-4-6-9-16(8-5-2)24-29-23(15(3)32-24)30-13-12-20-17(25(30)31)14-21(28-20)22-18(26)10-7-11-19(22)27/h5,7-11,14,28H,4,6,12-13H2,1-3H3/b8-5-,16-9+. The Bertz CT molecular complexity index is 1200. The van der Waals surface area contributed by atoms with E-state index < -0.39 is 11.6 Å². The van der Waals surface area contributed by atoms with E-state index in [0.717, 1.165) is 28.3 Å². The van der Waals surface area contributed by atoms with Gasteiger partial charge in [0.2, 0.25) is 0 Å². The van der Waals surface area contributed by atoms with E-state index in [2.05, 4.69) is 18.0 Å². The summed E-state index contributed by atoms with van der Waals surface area (Å²) in [6.07, 6.45) is 8.74. The smallest absolute Gasteiger partial charge is 0.261 e. The van der Waals surface area contributed by atoms with Crippen molar-refractivity contribution in [1.82, 2.24) is 9.97 Å². The Morgan fingerprint density at radius 1 is 1.31 bits per heavy atom. The van der Waals surface area contributed by atoms with Crippen LogP contribution in [0.4, 0.5) is 14.6 Å². The van der Waals surface area contributed by atoms with Crippen molar-refractivity contribution in [3.63, 3.8) is 0 Å². The fourth-order valence-electron chi connectivity index (χ4n) is 3.92. The highest BCUT2D eigenvalue weighted by Gasteiger charge is 2.31. The predicted octanol–water partition coefficient (Wildman–Crippen LogP) is 6.69. The molecular weight excluding hydrogens is 428 g/mol. The van der Waals surface area contributed by atoms with Crippen LogP contribution in [-0.2, 0) is 6.42 Å². The number of halogens is 2. The zero-order chi connectivity index (χ0) is 22.8. The van der Waals surface area contributed by atoms with Gasteiger partial charge in [-0.15, -0.1) is 11.3 Å². The van der Waals surface area contributed by atoms with Crippen molar-refractivity contribution in [2.24, 2.45) is 0 Å². The first-order valence-corrected chi connectivity index (χ1v) is 11.5. The number of benzene rings is 1. The maximum absolute atomic E-state index is 14.2. The van der Waals surface area contributed by atoms with Crippen LogP contribution in [-0.4, -0.2) is 22.4 Å². The Hall–Kier alpha value is -3.06. The first-order chi connectivity index (χ1) is 15.4. The minimum Gasteiger partial charge on any atom is -0.358 e. The lowest BCUT2D eigenvalue weighted by molar-refractivity contribution is 0.0980. The number of aromatic nitrogens is 2. The molecule has 0 saturated carbocycles. The Kier molecular flexibility index (Phi) is 6.37. The molecule has 1 amide bonds. The molecule has 3 aromatic rings. The molecule has 2 aromatic heterocycles. The molecule has 0 fully saturated rings. The van der Waals surface area contributed by atoms with Crippen molar-refractivity contribution < 1.29 is 13.6 Å². The van der Waals surface area contributed by atoms with Gasteiger partial charge < -0.3 is 4.98 Å². The lowest BCUT2D eigenvalue weighted by Crippen LogP contribution is -2.37. The SMILES string of the molecule is C/C=C\C(=C/CCC)c1nc(N2CCc3[nH]c(-c4c(F)cccc4F)cc3C2=O)c(C)s1. The van der Waals surface area contributed by atoms with Crippen LogP contribution in [0.5, 0.6) is 0 Å². The number of hydrogen-bond donors (Lipinski definition) is 1. The second-order valence-electron chi connectivity index (χ2n) is 7.73. The minimum atomic E-state index is -0.664. The molecule has 7 heteroatoms. The maximum atomic E-state index is 14.2. The molecule has 1 aliphatic heterocycles. The normalized spacial score (nSPS) is 14.5. The summed E-state index contributed by atoms with van der Waals surface area (Å²) >= 11 is 1.56. The maximum Gasteiger partial charge on any atom is 0.261 e. The number of hydrogen-bond acceptors (Lipinski definition) is 3. The topological polar surface area (TPSA) is 49.0 Å². The third kappa shape index (κ3) is 4.05. The zero-order valence-electron chi connectivity index (χ0n) is 18.3. The molecule has 0 bridgehead atoms. The van der Waals surface area contributed by atoms with E-state index in [-0.39, 0.29) is 17.2 Å². The lowest BCUT2D eigenvalue weighted by Gasteiger charge is -2.25. The summed E-state index contributed by atoms with van der Waals surface area (Å²) in [4.78, 5) is 23.8. The van der Waals surface area contributed by atoms with E-state index >= 15 is 0 Å². The molecule has 0 atom stereocenters. The molecule has 0 radical (unpaired) electrons. The van der Waals surface area contributed by atoms with Crippen LogP contribution in [0.25, 0.3) is 16.8 Å². The van der Waals surface area contributed by atoms with Gasteiger partial charge in [0.25, 0.3) is 5.91 Å². The molecule has 4 rings (SSSR count). The third-order valence-corrected chi connectivity index (χ3v) is 6.48. The van der Waals surface area contributed by atoms with Crippen LogP contribution in [0.15, 0.2) is 42.5 Å². The van der Waals surface area contributed by atoms with Crippen molar-refractivity contribution >= 4 is 28.6 Å². The fraction of sp³-hybridized carbons (Fsp3) is 0.280. The summed E-state index contributed by atoms with van der Waals surface area (Å²) in [5.74, 6) is -0.894. The minimum absolute atomic E-state index is 0.148. The highest BCUT2D eigenvalue weighted by Crippen LogP contribution is 2.35. The predicted molar refractivity (Wildman–Crippen MR) is 126 cm³/mol. The average molecular weight is 454 g/mol. The van der Waals surface area contributed by atoms with E-state index in [1.165, 1.54) is 18.2 Å². The third-order valence-electron chi connectivity index (χ3n) is 5.47. The van der Waals surface area contributed by atoms with E-state index in [1.54, 1.807) is 22.3 Å². The number of fused-ring (bicyclic) bond motifs is 1. The van der Waals surface area contributed by atoms with Gasteiger partial charge >= 0.3 is 0 Å². The van der Waals surface area contributed by atoms with Gasteiger partial charge in [-0.3, -0.25) is 9.69 Å². The van der Waals surface area contributed by atoms with Gasteiger partial charge in [0.15, 0.2) is 0 Å². The number of aromatic amines is 1. The second-order valence-corrected chi connectivity index (χ2v) is 8.93. The summed E-state index contributed by atoms with van der Waals surface area (Å²) in [5.41, 5.74) is 2.30. The van der Waals surface area contributed by atoms with Crippen molar-refractivity contribution in [3.05, 3.63) is 75.3 Å². The molecule has 4 nitrogen and oxygen atoms in total. The van der Waals surface area contributed by atoms with Gasteiger partial charge in [-0.2, -0.15) is 0 Å². The molecule has 166 valence electrons. The number of H-pyrrole nitrogens is 1. The number of carbonyl (C=O) groups excluding carboxylic acids is 1. The Morgan fingerprint density at radius 2 is 2.06 bits per heavy atom. The quantitative estimate of drug-likeness (QED) is 0.423. The molecule has 0 aliphatic carbocycles.